The van der Waals surface area contributed by atoms with Crippen LogP contribution < -0.4 is 0 Å². The monoisotopic (exact) mass is 254 g/mol. The molecule has 2 fully saturated rings. The fraction of sp³-hybridized carbons (Fsp3) is 0.929. The van der Waals surface area contributed by atoms with Gasteiger partial charge in [-0.1, -0.05) is 5.16 Å². The molecule has 0 radical (unpaired) electrons. The number of hydrogen-bond donors (Lipinski definition) is 0. The predicted molar refractivity (Wildman–Crippen MR) is 72.9 cm³/mol. The summed E-state index contributed by atoms with van der Waals surface area (Å²) in [5.41, 5.74) is 0.271. The number of rotatable bonds is 6. The van der Waals surface area contributed by atoms with Gasteiger partial charge in [0.05, 0.1) is 12.7 Å². The van der Waals surface area contributed by atoms with E-state index < -0.39 is 0 Å². The molecule has 0 aromatic carbocycles. The van der Waals surface area contributed by atoms with Gasteiger partial charge >= 0.3 is 0 Å². The molecule has 0 saturated carbocycles. The maximum atomic E-state index is 5.89. The Morgan fingerprint density at radius 2 is 2.33 bits per heavy atom. The average Bonchev–Trinajstić information content (AvgIpc) is 2.83. The number of nitrogens with zero attached hydrogens (tertiary/aromatic N) is 2. The molecule has 4 nitrogen and oxygen atoms in total. The molecule has 0 aromatic rings. The zero-order valence-electron chi connectivity index (χ0n) is 11.9. The minimum atomic E-state index is 0.271. The molecule has 104 valence electrons. The summed E-state index contributed by atoms with van der Waals surface area (Å²) in [5.74, 6) is 0.521. The number of oxime groups is 1. The van der Waals surface area contributed by atoms with Crippen LogP contribution in [0.25, 0.3) is 0 Å². The summed E-state index contributed by atoms with van der Waals surface area (Å²) in [4.78, 5) is 7.66. The highest BCUT2D eigenvalue weighted by atomic mass is 16.6. The molecule has 0 bridgehead atoms. The Morgan fingerprint density at radius 1 is 1.50 bits per heavy atom. The maximum Gasteiger partial charge on any atom is 0.114 e. The maximum absolute atomic E-state index is 5.89. The fourth-order valence-corrected chi connectivity index (χ4v) is 3.19. The molecule has 0 amide bonds. The van der Waals surface area contributed by atoms with Crippen LogP contribution in [0.5, 0.6) is 0 Å². The molecule has 2 unspecified atom stereocenters. The number of ether oxygens (including phenoxy) is 1. The fourth-order valence-electron chi connectivity index (χ4n) is 3.19. The van der Waals surface area contributed by atoms with Crippen molar-refractivity contribution in [3.8, 4) is 0 Å². The largest absolute Gasteiger partial charge is 0.396 e. The number of hydrogen-bond acceptors (Lipinski definition) is 4. The molecule has 2 aliphatic heterocycles. The van der Waals surface area contributed by atoms with Gasteiger partial charge in [0, 0.05) is 24.2 Å². The van der Waals surface area contributed by atoms with Crippen molar-refractivity contribution >= 4 is 6.21 Å². The van der Waals surface area contributed by atoms with E-state index in [2.05, 4.69) is 23.9 Å². The highest BCUT2D eigenvalue weighted by molar-refractivity contribution is 5.61. The lowest BCUT2D eigenvalue weighted by Gasteiger charge is -2.32. The van der Waals surface area contributed by atoms with Crippen molar-refractivity contribution in [3.63, 3.8) is 0 Å². The predicted octanol–water partition coefficient (Wildman–Crippen LogP) is 2.29. The van der Waals surface area contributed by atoms with Gasteiger partial charge in [-0.15, -0.1) is 0 Å². The van der Waals surface area contributed by atoms with Crippen molar-refractivity contribution in [1.82, 2.24) is 4.90 Å². The van der Waals surface area contributed by atoms with Crippen molar-refractivity contribution in [3.05, 3.63) is 0 Å². The SMILES string of the molecule is CCO/N=C/C1CN2CCCC2(COC(C)C)C1. The second-order valence-electron chi connectivity index (χ2n) is 5.77. The first-order chi connectivity index (χ1) is 8.66. The van der Waals surface area contributed by atoms with Crippen LogP contribution in [0.2, 0.25) is 0 Å². The van der Waals surface area contributed by atoms with Crippen LogP contribution in [0.1, 0.15) is 40.0 Å². The minimum Gasteiger partial charge on any atom is -0.396 e. The van der Waals surface area contributed by atoms with Crippen LogP contribution in [0, 0.1) is 5.92 Å². The first-order valence-electron chi connectivity index (χ1n) is 7.18. The molecule has 18 heavy (non-hydrogen) atoms. The van der Waals surface area contributed by atoms with Gasteiger partial charge < -0.3 is 9.57 Å². The summed E-state index contributed by atoms with van der Waals surface area (Å²) in [6, 6.07) is 0. The van der Waals surface area contributed by atoms with Crippen LogP contribution >= 0.6 is 0 Å². The quantitative estimate of drug-likeness (QED) is 0.539. The van der Waals surface area contributed by atoms with Gasteiger partial charge in [0.1, 0.15) is 6.61 Å². The van der Waals surface area contributed by atoms with E-state index in [1.807, 2.05) is 13.1 Å². The van der Waals surface area contributed by atoms with Crippen LogP contribution in [0.4, 0.5) is 0 Å². The Balaban J connectivity index is 1.92. The summed E-state index contributed by atoms with van der Waals surface area (Å²) < 4.78 is 5.89. The second kappa shape index (κ2) is 6.02. The Morgan fingerprint density at radius 3 is 3.06 bits per heavy atom. The summed E-state index contributed by atoms with van der Waals surface area (Å²) >= 11 is 0. The molecule has 2 aliphatic rings. The Labute approximate surface area is 110 Å². The van der Waals surface area contributed by atoms with Gasteiger partial charge in [-0.3, -0.25) is 4.90 Å². The Hall–Kier alpha value is -0.610. The van der Waals surface area contributed by atoms with Crippen molar-refractivity contribution in [2.75, 3.05) is 26.3 Å². The molecule has 0 aliphatic carbocycles. The molecule has 2 rings (SSSR count). The molecule has 0 spiro atoms. The average molecular weight is 254 g/mol. The second-order valence-corrected chi connectivity index (χ2v) is 5.77. The van der Waals surface area contributed by atoms with E-state index in [4.69, 9.17) is 9.57 Å². The first-order valence-corrected chi connectivity index (χ1v) is 7.18. The lowest BCUT2D eigenvalue weighted by Crippen LogP contribution is -2.43. The Kier molecular flexibility index (Phi) is 4.62. The molecule has 4 heteroatoms. The van der Waals surface area contributed by atoms with Gasteiger partial charge in [0.2, 0.25) is 0 Å². The van der Waals surface area contributed by atoms with E-state index in [0.29, 0.717) is 18.6 Å². The molecular formula is C14H26N2O2. The third kappa shape index (κ3) is 3.04. The van der Waals surface area contributed by atoms with Crippen LogP contribution in [0.15, 0.2) is 5.16 Å². The summed E-state index contributed by atoms with van der Waals surface area (Å²) in [5, 5.41) is 4.03. The van der Waals surface area contributed by atoms with Gasteiger partial charge in [-0.25, -0.2) is 0 Å². The van der Waals surface area contributed by atoms with Crippen molar-refractivity contribution in [2.45, 2.75) is 51.7 Å². The molecule has 2 atom stereocenters. The highest BCUT2D eigenvalue weighted by Gasteiger charge is 2.48. The molecule has 2 saturated heterocycles. The smallest absolute Gasteiger partial charge is 0.114 e. The third-order valence-corrected chi connectivity index (χ3v) is 4.00. The van der Waals surface area contributed by atoms with Gasteiger partial charge in [0.25, 0.3) is 0 Å². The lowest BCUT2D eigenvalue weighted by molar-refractivity contribution is 0.00301. The Bertz CT molecular complexity index is 294. The molecule has 2 heterocycles. The van der Waals surface area contributed by atoms with Crippen molar-refractivity contribution in [1.29, 1.82) is 0 Å². The van der Waals surface area contributed by atoms with Crippen molar-refractivity contribution < 1.29 is 9.57 Å². The summed E-state index contributed by atoms with van der Waals surface area (Å²) in [6.45, 7) is 10.0. The normalized spacial score (nSPS) is 32.6. The van der Waals surface area contributed by atoms with Crippen LogP contribution in [-0.4, -0.2) is 49.1 Å². The van der Waals surface area contributed by atoms with E-state index in [0.717, 1.165) is 19.6 Å². The molecule has 0 aromatic heterocycles. The minimum absolute atomic E-state index is 0.271. The van der Waals surface area contributed by atoms with E-state index in [9.17, 15) is 0 Å². The highest BCUT2D eigenvalue weighted by Crippen LogP contribution is 2.41. The lowest BCUT2D eigenvalue weighted by atomic mass is 9.91. The van der Waals surface area contributed by atoms with E-state index in [1.54, 1.807) is 0 Å². The third-order valence-electron chi connectivity index (χ3n) is 4.00. The van der Waals surface area contributed by atoms with Gasteiger partial charge in [0.15, 0.2) is 0 Å². The first kappa shape index (κ1) is 13.8. The zero-order chi connectivity index (χ0) is 13.0. The van der Waals surface area contributed by atoms with Crippen LogP contribution in [0.3, 0.4) is 0 Å². The van der Waals surface area contributed by atoms with Gasteiger partial charge in [-0.2, -0.15) is 0 Å². The van der Waals surface area contributed by atoms with E-state index >= 15 is 0 Å². The molecule has 0 N–H and O–H groups in total. The standard InChI is InChI=1S/C14H26N2O2/c1-4-18-15-9-13-8-14(11-17-12(2)3)6-5-7-16(14)10-13/h9,12-13H,4-8,10-11H2,1-3H3/b15-9+. The summed E-state index contributed by atoms with van der Waals surface area (Å²) in [6.07, 6.45) is 6.03. The van der Waals surface area contributed by atoms with E-state index in [-0.39, 0.29) is 5.54 Å². The van der Waals surface area contributed by atoms with E-state index in [1.165, 1.54) is 19.4 Å². The topological polar surface area (TPSA) is 34.1 Å². The van der Waals surface area contributed by atoms with Crippen molar-refractivity contribution in [2.24, 2.45) is 11.1 Å². The van der Waals surface area contributed by atoms with Crippen LogP contribution in [-0.2, 0) is 9.57 Å². The summed E-state index contributed by atoms with van der Waals surface area (Å²) in [7, 11) is 0. The van der Waals surface area contributed by atoms with Gasteiger partial charge in [-0.05, 0) is 46.6 Å². The number of fused-ring (bicyclic) bond motifs is 1. The zero-order valence-corrected chi connectivity index (χ0v) is 11.9. The molecular weight excluding hydrogens is 228 g/mol.